The number of ether oxygens (including phenoxy) is 1. The fraction of sp³-hybridized carbons (Fsp3) is 0.409. The Kier molecular flexibility index (Phi) is 7.44. The zero-order valence-corrected chi connectivity index (χ0v) is 17.9. The maximum Gasteiger partial charge on any atom is 0.243 e. The Morgan fingerprint density at radius 2 is 1.80 bits per heavy atom. The summed E-state index contributed by atoms with van der Waals surface area (Å²) >= 11 is 0. The summed E-state index contributed by atoms with van der Waals surface area (Å²) in [6.07, 6.45) is 2.95. The van der Waals surface area contributed by atoms with E-state index in [0.717, 1.165) is 18.4 Å². The summed E-state index contributed by atoms with van der Waals surface area (Å²) in [6, 6.07) is 11.0. The van der Waals surface area contributed by atoms with Gasteiger partial charge in [-0.1, -0.05) is 12.1 Å². The van der Waals surface area contributed by atoms with Crippen LogP contribution in [0.4, 0.5) is 4.39 Å². The lowest BCUT2D eigenvalue weighted by Gasteiger charge is -2.17. The largest absolute Gasteiger partial charge is 0.496 e. The van der Waals surface area contributed by atoms with Crippen LogP contribution < -0.4 is 10.1 Å². The normalized spacial score (nSPS) is 14.6. The monoisotopic (exact) mass is 434 g/mol. The summed E-state index contributed by atoms with van der Waals surface area (Å²) in [5.41, 5.74) is 1.63. The Balaban J connectivity index is 1.58. The number of hydrogen-bond donors (Lipinski definition) is 1. The first-order valence-electron chi connectivity index (χ1n) is 10.1. The summed E-state index contributed by atoms with van der Waals surface area (Å²) in [6.45, 7) is 1.53. The molecule has 0 radical (unpaired) electrons. The number of carbonyl (C=O) groups excluding carboxylic acids is 1. The molecule has 0 aliphatic carbocycles. The van der Waals surface area contributed by atoms with E-state index in [4.69, 9.17) is 4.74 Å². The number of sulfonamides is 1. The van der Waals surface area contributed by atoms with Gasteiger partial charge in [-0.3, -0.25) is 4.79 Å². The fourth-order valence-corrected chi connectivity index (χ4v) is 5.09. The standard InChI is InChI=1S/C22H27FN2O4S/c1-29-21-10-9-20(30(27,28)25-14-2-3-15-25)16-18(21)6-11-22(26)24-13-12-17-4-7-19(23)8-5-17/h4-5,7-10,16H,2-3,6,11-15H2,1H3,(H,24,26). The lowest BCUT2D eigenvalue weighted by molar-refractivity contribution is -0.121. The minimum Gasteiger partial charge on any atom is -0.496 e. The van der Waals surface area contributed by atoms with Gasteiger partial charge in [0.15, 0.2) is 0 Å². The minimum atomic E-state index is -3.52. The molecule has 0 unspecified atom stereocenters. The molecule has 0 spiro atoms. The maximum absolute atomic E-state index is 12.9. The molecule has 1 aliphatic rings. The van der Waals surface area contributed by atoms with Crippen molar-refractivity contribution in [1.82, 2.24) is 9.62 Å². The van der Waals surface area contributed by atoms with E-state index in [1.54, 1.807) is 30.3 Å². The van der Waals surface area contributed by atoms with Gasteiger partial charge in [0, 0.05) is 26.1 Å². The summed E-state index contributed by atoms with van der Waals surface area (Å²) in [7, 11) is -2.00. The van der Waals surface area contributed by atoms with E-state index in [-0.39, 0.29) is 23.0 Å². The van der Waals surface area contributed by atoms with Crippen LogP contribution in [0.2, 0.25) is 0 Å². The van der Waals surface area contributed by atoms with Crippen LogP contribution in [0, 0.1) is 5.82 Å². The topological polar surface area (TPSA) is 75.7 Å². The Morgan fingerprint density at radius 1 is 1.10 bits per heavy atom. The molecule has 1 heterocycles. The summed E-state index contributed by atoms with van der Waals surface area (Å²) < 4.78 is 45.4. The third kappa shape index (κ3) is 5.58. The second-order valence-corrected chi connectivity index (χ2v) is 9.25. The molecule has 2 aromatic carbocycles. The Labute approximate surface area is 177 Å². The molecule has 0 bridgehead atoms. The van der Waals surface area contributed by atoms with Crippen LogP contribution in [0.3, 0.4) is 0 Å². The molecular formula is C22H27FN2O4S. The van der Waals surface area contributed by atoms with Gasteiger partial charge in [0.25, 0.3) is 0 Å². The van der Waals surface area contributed by atoms with E-state index >= 15 is 0 Å². The van der Waals surface area contributed by atoms with Gasteiger partial charge in [0.1, 0.15) is 11.6 Å². The molecule has 1 saturated heterocycles. The first-order valence-corrected chi connectivity index (χ1v) is 11.5. The highest BCUT2D eigenvalue weighted by Crippen LogP contribution is 2.27. The van der Waals surface area contributed by atoms with Gasteiger partial charge in [0.2, 0.25) is 15.9 Å². The van der Waals surface area contributed by atoms with Crippen molar-refractivity contribution in [2.75, 3.05) is 26.7 Å². The van der Waals surface area contributed by atoms with Crippen LogP contribution in [0.5, 0.6) is 5.75 Å². The zero-order chi connectivity index (χ0) is 21.6. The quantitative estimate of drug-likeness (QED) is 0.659. The van der Waals surface area contributed by atoms with Crippen molar-refractivity contribution in [2.24, 2.45) is 0 Å². The number of aryl methyl sites for hydroxylation is 1. The van der Waals surface area contributed by atoms with E-state index in [9.17, 15) is 17.6 Å². The number of rotatable bonds is 9. The predicted octanol–water partition coefficient (Wildman–Crippen LogP) is 2.91. The molecule has 1 N–H and O–H groups in total. The molecule has 6 nitrogen and oxygen atoms in total. The first kappa shape index (κ1) is 22.2. The van der Waals surface area contributed by atoms with Gasteiger partial charge < -0.3 is 10.1 Å². The van der Waals surface area contributed by atoms with Crippen molar-refractivity contribution >= 4 is 15.9 Å². The Morgan fingerprint density at radius 3 is 2.47 bits per heavy atom. The van der Waals surface area contributed by atoms with Gasteiger partial charge in [0.05, 0.1) is 12.0 Å². The second-order valence-electron chi connectivity index (χ2n) is 7.31. The average molecular weight is 435 g/mol. The van der Waals surface area contributed by atoms with Crippen LogP contribution in [-0.4, -0.2) is 45.4 Å². The van der Waals surface area contributed by atoms with E-state index in [1.807, 2.05) is 0 Å². The van der Waals surface area contributed by atoms with Crippen LogP contribution in [-0.2, 0) is 27.7 Å². The summed E-state index contributed by atoms with van der Waals surface area (Å²) in [5.74, 6) is 0.146. The van der Waals surface area contributed by atoms with Crippen LogP contribution in [0.25, 0.3) is 0 Å². The molecule has 1 amide bonds. The summed E-state index contributed by atoms with van der Waals surface area (Å²) in [5, 5.41) is 2.84. The number of methoxy groups -OCH3 is 1. The summed E-state index contributed by atoms with van der Waals surface area (Å²) in [4.78, 5) is 12.4. The highest BCUT2D eigenvalue weighted by atomic mass is 32.2. The SMILES string of the molecule is COc1ccc(S(=O)(=O)N2CCCC2)cc1CCC(=O)NCCc1ccc(F)cc1. The van der Waals surface area contributed by atoms with Gasteiger partial charge in [-0.05, 0) is 67.1 Å². The second kappa shape index (κ2) is 10.0. The lowest BCUT2D eigenvalue weighted by atomic mass is 10.1. The first-order chi connectivity index (χ1) is 14.4. The van der Waals surface area contributed by atoms with Gasteiger partial charge in [-0.15, -0.1) is 0 Å². The van der Waals surface area contributed by atoms with Gasteiger partial charge >= 0.3 is 0 Å². The van der Waals surface area contributed by atoms with E-state index in [2.05, 4.69) is 5.32 Å². The lowest BCUT2D eigenvalue weighted by Crippen LogP contribution is -2.28. The van der Waals surface area contributed by atoms with Crippen molar-refractivity contribution in [3.8, 4) is 5.75 Å². The van der Waals surface area contributed by atoms with E-state index in [1.165, 1.54) is 23.5 Å². The molecule has 0 atom stereocenters. The van der Waals surface area contributed by atoms with Crippen molar-refractivity contribution in [2.45, 2.75) is 37.0 Å². The van der Waals surface area contributed by atoms with Crippen molar-refractivity contribution in [1.29, 1.82) is 0 Å². The predicted molar refractivity (Wildman–Crippen MR) is 112 cm³/mol. The Bertz CT molecular complexity index is 971. The maximum atomic E-state index is 12.9. The molecule has 2 aromatic rings. The number of nitrogens with zero attached hydrogens (tertiary/aromatic N) is 1. The van der Waals surface area contributed by atoms with E-state index in [0.29, 0.717) is 43.8 Å². The molecule has 30 heavy (non-hydrogen) atoms. The third-order valence-electron chi connectivity index (χ3n) is 5.23. The number of carbonyl (C=O) groups is 1. The van der Waals surface area contributed by atoms with Crippen molar-refractivity contribution in [3.05, 3.63) is 59.4 Å². The zero-order valence-electron chi connectivity index (χ0n) is 17.1. The molecule has 3 rings (SSSR count). The van der Waals surface area contributed by atoms with Gasteiger partial charge in [-0.2, -0.15) is 4.31 Å². The number of hydrogen-bond acceptors (Lipinski definition) is 4. The number of nitrogens with one attached hydrogen (secondary N) is 1. The van der Waals surface area contributed by atoms with Gasteiger partial charge in [-0.25, -0.2) is 12.8 Å². The Hall–Kier alpha value is -2.45. The minimum absolute atomic E-state index is 0.132. The van der Waals surface area contributed by atoms with Crippen LogP contribution >= 0.6 is 0 Å². The molecule has 0 saturated carbocycles. The number of halogens is 1. The highest BCUT2D eigenvalue weighted by Gasteiger charge is 2.27. The van der Waals surface area contributed by atoms with Crippen molar-refractivity contribution < 1.29 is 22.3 Å². The number of benzene rings is 2. The fourth-order valence-electron chi connectivity index (χ4n) is 3.52. The van der Waals surface area contributed by atoms with Crippen LogP contribution in [0.15, 0.2) is 47.4 Å². The molecular weight excluding hydrogens is 407 g/mol. The molecule has 162 valence electrons. The van der Waals surface area contributed by atoms with E-state index < -0.39 is 10.0 Å². The number of amides is 1. The molecule has 1 fully saturated rings. The third-order valence-corrected chi connectivity index (χ3v) is 7.12. The molecule has 8 heteroatoms. The molecule has 0 aromatic heterocycles. The smallest absolute Gasteiger partial charge is 0.243 e. The average Bonchev–Trinajstić information content (AvgIpc) is 3.29. The highest BCUT2D eigenvalue weighted by molar-refractivity contribution is 7.89. The van der Waals surface area contributed by atoms with Crippen LogP contribution in [0.1, 0.15) is 30.4 Å². The molecule has 1 aliphatic heterocycles. The van der Waals surface area contributed by atoms with Crippen molar-refractivity contribution in [3.63, 3.8) is 0 Å².